The zero-order valence-electron chi connectivity index (χ0n) is 11.5. The Labute approximate surface area is 116 Å². The Morgan fingerprint density at radius 2 is 2.00 bits per heavy atom. The number of amides is 1. The standard InChI is InChI=1S/C10H18N4O3S2/c1-6(2)7(3)13-19(16,17)10-12-14(5)9(18-10)11-8(4)15/h6-7,13H,1-5H3. The Balaban J connectivity index is 3.14. The quantitative estimate of drug-likeness (QED) is 0.863. The summed E-state index contributed by atoms with van der Waals surface area (Å²) >= 11 is 0.862. The Morgan fingerprint density at radius 3 is 2.47 bits per heavy atom. The molecule has 0 spiro atoms. The summed E-state index contributed by atoms with van der Waals surface area (Å²) in [5.41, 5.74) is 0. The molecule has 1 aromatic rings. The fourth-order valence-corrected chi connectivity index (χ4v) is 3.67. The molecule has 108 valence electrons. The van der Waals surface area contributed by atoms with Gasteiger partial charge in [-0.2, -0.15) is 4.99 Å². The van der Waals surface area contributed by atoms with Gasteiger partial charge in [0.15, 0.2) is 0 Å². The molecule has 1 atom stereocenters. The number of hydrogen-bond acceptors (Lipinski definition) is 5. The molecule has 19 heavy (non-hydrogen) atoms. The Hall–Kier alpha value is -1.06. The lowest BCUT2D eigenvalue weighted by atomic mass is 10.1. The number of carbonyl (C=O) groups is 1. The van der Waals surface area contributed by atoms with E-state index in [1.165, 1.54) is 11.6 Å². The molecule has 0 aromatic carbocycles. The van der Waals surface area contributed by atoms with E-state index in [1.54, 1.807) is 14.0 Å². The van der Waals surface area contributed by atoms with Crippen LogP contribution in [0.1, 0.15) is 27.7 Å². The minimum absolute atomic E-state index is 0.0949. The van der Waals surface area contributed by atoms with Crippen LogP contribution in [0.5, 0.6) is 0 Å². The lowest BCUT2D eigenvalue weighted by Crippen LogP contribution is -2.36. The number of carbonyl (C=O) groups excluding carboxylic acids is 1. The molecule has 0 saturated carbocycles. The summed E-state index contributed by atoms with van der Waals surface area (Å²) < 4.78 is 27.9. The van der Waals surface area contributed by atoms with Gasteiger partial charge in [0.05, 0.1) is 0 Å². The van der Waals surface area contributed by atoms with Gasteiger partial charge in [0.1, 0.15) is 0 Å². The summed E-state index contributed by atoms with van der Waals surface area (Å²) in [4.78, 5) is 14.9. The van der Waals surface area contributed by atoms with Crippen LogP contribution in [0, 0.1) is 5.92 Å². The Kier molecular flexibility index (Phi) is 4.99. The first-order chi connectivity index (χ1) is 8.63. The Bertz CT molecular complexity index is 627. The van der Waals surface area contributed by atoms with E-state index in [0.29, 0.717) is 0 Å². The van der Waals surface area contributed by atoms with Crippen molar-refractivity contribution in [2.45, 2.75) is 38.1 Å². The molecule has 0 saturated heterocycles. The summed E-state index contributed by atoms with van der Waals surface area (Å²) in [5.74, 6) is -0.225. The van der Waals surface area contributed by atoms with Gasteiger partial charge in [0.2, 0.25) is 15.0 Å². The fraction of sp³-hybridized carbons (Fsp3) is 0.700. The lowest BCUT2D eigenvalue weighted by molar-refractivity contribution is -0.116. The van der Waals surface area contributed by atoms with Crippen LogP contribution >= 0.6 is 11.3 Å². The van der Waals surface area contributed by atoms with Crippen molar-refractivity contribution >= 4 is 27.3 Å². The smallest absolute Gasteiger partial charge is 0.270 e. The van der Waals surface area contributed by atoms with Gasteiger partial charge in [-0.05, 0) is 12.8 Å². The van der Waals surface area contributed by atoms with Gasteiger partial charge in [-0.3, -0.25) is 4.79 Å². The number of sulfonamides is 1. The van der Waals surface area contributed by atoms with E-state index >= 15 is 0 Å². The molecule has 0 aliphatic rings. The fourth-order valence-electron chi connectivity index (χ4n) is 1.10. The average Bonchev–Trinajstić information content (AvgIpc) is 2.59. The molecule has 7 nitrogen and oxygen atoms in total. The summed E-state index contributed by atoms with van der Waals surface area (Å²) in [7, 11) is -2.13. The largest absolute Gasteiger partial charge is 0.273 e. The van der Waals surface area contributed by atoms with E-state index in [2.05, 4.69) is 14.8 Å². The van der Waals surface area contributed by atoms with Crippen LogP contribution in [-0.2, 0) is 21.9 Å². The van der Waals surface area contributed by atoms with Gasteiger partial charge in [0, 0.05) is 20.0 Å². The van der Waals surface area contributed by atoms with E-state index in [1.807, 2.05) is 13.8 Å². The lowest BCUT2D eigenvalue weighted by Gasteiger charge is -2.15. The first kappa shape index (κ1) is 16.0. The highest BCUT2D eigenvalue weighted by atomic mass is 32.2. The second-order valence-electron chi connectivity index (χ2n) is 4.56. The van der Waals surface area contributed by atoms with E-state index < -0.39 is 15.9 Å². The van der Waals surface area contributed by atoms with Gasteiger partial charge in [-0.1, -0.05) is 25.2 Å². The molecule has 0 aliphatic carbocycles. The summed E-state index contributed by atoms with van der Waals surface area (Å²) in [6.45, 7) is 6.93. The number of aromatic nitrogens is 2. The van der Waals surface area contributed by atoms with Crippen molar-refractivity contribution in [2.75, 3.05) is 0 Å². The molecule has 0 fully saturated rings. The van der Waals surface area contributed by atoms with Crippen LogP contribution in [0.15, 0.2) is 9.33 Å². The third kappa shape index (κ3) is 4.22. The zero-order valence-corrected chi connectivity index (χ0v) is 13.2. The van der Waals surface area contributed by atoms with Crippen LogP contribution < -0.4 is 9.52 Å². The SMILES string of the molecule is CC(=O)N=c1sc(S(=O)(=O)NC(C)C(C)C)nn1C. The number of rotatable bonds is 4. The third-order valence-corrected chi connectivity index (χ3v) is 5.44. The maximum Gasteiger partial charge on any atom is 0.270 e. The van der Waals surface area contributed by atoms with Crippen LogP contribution in [0.4, 0.5) is 0 Å². The molecule has 1 unspecified atom stereocenters. The van der Waals surface area contributed by atoms with Crippen molar-refractivity contribution in [2.24, 2.45) is 18.0 Å². The molecule has 1 amide bonds. The monoisotopic (exact) mass is 306 g/mol. The van der Waals surface area contributed by atoms with Crippen molar-refractivity contribution in [3.05, 3.63) is 4.80 Å². The van der Waals surface area contributed by atoms with E-state index in [4.69, 9.17) is 0 Å². The normalized spacial score (nSPS) is 14.9. The molecule has 1 N–H and O–H groups in total. The van der Waals surface area contributed by atoms with E-state index in [0.717, 1.165) is 11.3 Å². The molecular weight excluding hydrogens is 288 g/mol. The number of hydrogen-bond donors (Lipinski definition) is 1. The Morgan fingerprint density at radius 1 is 1.42 bits per heavy atom. The van der Waals surface area contributed by atoms with Crippen LogP contribution in [0.3, 0.4) is 0 Å². The van der Waals surface area contributed by atoms with Gasteiger partial charge >= 0.3 is 0 Å². The average molecular weight is 306 g/mol. The summed E-state index contributed by atoms with van der Waals surface area (Å²) in [6, 6.07) is -0.201. The van der Waals surface area contributed by atoms with Crippen molar-refractivity contribution in [1.82, 2.24) is 14.5 Å². The second-order valence-corrected chi connectivity index (χ2v) is 7.40. The minimum Gasteiger partial charge on any atom is -0.273 e. The van der Waals surface area contributed by atoms with Crippen molar-refractivity contribution < 1.29 is 13.2 Å². The van der Waals surface area contributed by atoms with Gasteiger partial charge in [-0.25, -0.2) is 17.8 Å². The number of nitrogens with one attached hydrogen (secondary N) is 1. The molecule has 9 heteroatoms. The van der Waals surface area contributed by atoms with Crippen LogP contribution in [0.2, 0.25) is 0 Å². The molecule has 0 bridgehead atoms. The molecule has 1 rings (SSSR count). The molecular formula is C10H18N4O3S2. The topological polar surface area (TPSA) is 93.4 Å². The molecule has 0 radical (unpaired) electrons. The molecule has 1 heterocycles. The van der Waals surface area contributed by atoms with Gasteiger partial charge < -0.3 is 0 Å². The maximum atomic E-state index is 12.1. The second kappa shape index (κ2) is 5.93. The maximum absolute atomic E-state index is 12.1. The third-order valence-electron chi connectivity index (χ3n) is 2.51. The highest BCUT2D eigenvalue weighted by Gasteiger charge is 2.23. The predicted molar refractivity (Wildman–Crippen MR) is 72.0 cm³/mol. The van der Waals surface area contributed by atoms with Gasteiger partial charge in [0.25, 0.3) is 10.0 Å². The first-order valence-electron chi connectivity index (χ1n) is 5.75. The first-order valence-corrected chi connectivity index (χ1v) is 8.05. The van der Waals surface area contributed by atoms with E-state index in [-0.39, 0.29) is 21.1 Å². The minimum atomic E-state index is -3.68. The number of aryl methyl sites for hydroxylation is 1. The van der Waals surface area contributed by atoms with Gasteiger partial charge in [-0.15, -0.1) is 5.10 Å². The highest BCUT2D eigenvalue weighted by molar-refractivity contribution is 7.91. The molecule has 0 aliphatic heterocycles. The summed E-state index contributed by atoms with van der Waals surface area (Å²) in [5, 5.41) is 3.89. The van der Waals surface area contributed by atoms with E-state index in [9.17, 15) is 13.2 Å². The summed E-state index contributed by atoms with van der Waals surface area (Å²) in [6.07, 6.45) is 0. The van der Waals surface area contributed by atoms with Crippen molar-refractivity contribution in [3.63, 3.8) is 0 Å². The number of nitrogens with zero attached hydrogens (tertiary/aromatic N) is 3. The zero-order chi connectivity index (χ0) is 14.8. The van der Waals surface area contributed by atoms with Crippen molar-refractivity contribution in [3.8, 4) is 0 Å². The molecule has 1 aromatic heterocycles. The van der Waals surface area contributed by atoms with Crippen LogP contribution in [-0.4, -0.2) is 30.1 Å². The van der Waals surface area contributed by atoms with Crippen LogP contribution in [0.25, 0.3) is 0 Å². The highest BCUT2D eigenvalue weighted by Crippen LogP contribution is 2.11. The van der Waals surface area contributed by atoms with Crippen molar-refractivity contribution in [1.29, 1.82) is 0 Å². The predicted octanol–water partition coefficient (Wildman–Crippen LogP) is 0.252.